The molecule has 0 radical (unpaired) electrons. The monoisotopic (exact) mass is 540 g/mol. The number of hydrogen-bond acceptors (Lipinski definition) is 7. The van der Waals surface area contributed by atoms with E-state index in [0.717, 1.165) is 24.0 Å². The first-order chi connectivity index (χ1) is 18.6. The summed E-state index contributed by atoms with van der Waals surface area (Å²) < 4.78 is 43.4. The molecule has 204 valence electrons. The fraction of sp³-hybridized carbons (Fsp3) is 0.444. The van der Waals surface area contributed by atoms with Gasteiger partial charge in [-0.2, -0.15) is 28.4 Å². The number of aromatic nitrogens is 2. The third-order valence-electron chi connectivity index (χ3n) is 7.52. The van der Waals surface area contributed by atoms with Crippen molar-refractivity contribution in [2.24, 2.45) is 0 Å². The quantitative estimate of drug-likeness (QED) is 0.610. The summed E-state index contributed by atoms with van der Waals surface area (Å²) in [5.74, 6) is -0.525. The van der Waals surface area contributed by atoms with Crippen LogP contribution in [-0.4, -0.2) is 53.1 Å². The maximum Gasteiger partial charge on any atom is 0.389 e. The maximum atomic E-state index is 13.7. The first kappa shape index (κ1) is 26.5. The first-order valence-corrected chi connectivity index (χ1v) is 12.7. The highest BCUT2D eigenvalue weighted by Crippen LogP contribution is 2.46. The molecule has 2 amide bonds. The molecule has 1 aromatic carbocycles. The minimum Gasteiger partial charge on any atom is -0.467 e. The van der Waals surface area contributed by atoms with Gasteiger partial charge >= 0.3 is 12.2 Å². The third-order valence-corrected chi connectivity index (χ3v) is 7.52. The van der Waals surface area contributed by atoms with E-state index in [9.17, 15) is 28.0 Å². The van der Waals surface area contributed by atoms with E-state index in [-0.39, 0.29) is 37.1 Å². The summed E-state index contributed by atoms with van der Waals surface area (Å²) in [6.07, 6.45) is -2.29. The molecule has 1 aliphatic carbocycles. The highest BCUT2D eigenvalue weighted by atomic mass is 19.4. The van der Waals surface area contributed by atoms with Gasteiger partial charge < -0.3 is 19.9 Å². The zero-order chi connectivity index (χ0) is 27.8. The van der Waals surface area contributed by atoms with Gasteiger partial charge in [-0.25, -0.2) is 0 Å². The van der Waals surface area contributed by atoms with Crippen LogP contribution in [0, 0.1) is 11.3 Å². The Balaban J connectivity index is 1.50. The second kappa shape index (κ2) is 10.2. The van der Waals surface area contributed by atoms with Gasteiger partial charge in [0.05, 0.1) is 42.8 Å². The lowest BCUT2D eigenvalue weighted by Gasteiger charge is -2.42. The predicted molar refractivity (Wildman–Crippen MR) is 135 cm³/mol. The summed E-state index contributed by atoms with van der Waals surface area (Å²) in [6.45, 7) is 0.236. The molecule has 1 unspecified atom stereocenters. The molecule has 1 aromatic heterocycles. The number of amides is 2. The van der Waals surface area contributed by atoms with E-state index in [0.29, 0.717) is 30.0 Å². The Morgan fingerprint density at radius 1 is 1.26 bits per heavy atom. The molecule has 12 heteroatoms. The molecule has 1 spiro atoms. The lowest BCUT2D eigenvalue weighted by Crippen LogP contribution is -2.49. The van der Waals surface area contributed by atoms with Crippen LogP contribution in [0.2, 0.25) is 0 Å². The molecule has 0 saturated carbocycles. The number of nitrogens with zero attached hydrogens (tertiary/aromatic N) is 5. The van der Waals surface area contributed by atoms with Crippen molar-refractivity contribution in [1.82, 2.24) is 14.9 Å². The number of nitrogens with one attached hydrogen (secondary N) is 1. The number of allylic oxidation sites excluding steroid dienone is 1. The van der Waals surface area contributed by atoms with E-state index in [2.05, 4.69) is 15.3 Å². The zero-order valence-electron chi connectivity index (χ0n) is 21.3. The largest absolute Gasteiger partial charge is 0.467 e. The summed E-state index contributed by atoms with van der Waals surface area (Å²) in [4.78, 5) is 38.2. The highest BCUT2D eigenvalue weighted by molar-refractivity contribution is 6.04. The number of fused-ring (bicyclic) bond motifs is 3. The third kappa shape index (κ3) is 5.01. The number of ether oxygens (including phenoxy) is 1. The number of alkyl halides is 3. The van der Waals surface area contributed by atoms with Gasteiger partial charge in [-0.15, -0.1) is 0 Å². The predicted octanol–water partition coefficient (Wildman–Crippen LogP) is 4.00. The second-order valence-electron chi connectivity index (χ2n) is 9.89. The maximum absolute atomic E-state index is 13.7. The first-order valence-electron chi connectivity index (χ1n) is 12.7. The van der Waals surface area contributed by atoms with Crippen molar-refractivity contribution in [3.05, 3.63) is 53.0 Å². The summed E-state index contributed by atoms with van der Waals surface area (Å²) in [7, 11) is 1.44. The molecule has 2 aromatic rings. The van der Waals surface area contributed by atoms with Crippen LogP contribution >= 0.6 is 0 Å². The number of nitriles is 1. The van der Waals surface area contributed by atoms with Crippen LogP contribution in [0.15, 0.2) is 36.2 Å². The Labute approximate surface area is 223 Å². The van der Waals surface area contributed by atoms with Crippen molar-refractivity contribution in [3.63, 3.8) is 0 Å². The van der Waals surface area contributed by atoms with E-state index >= 15 is 0 Å². The smallest absolute Gasteiger partial charge is 0.389 e. The number of rotatable bonds is 5. The van der Waals surface area contributed by atoms with E-state index < -0.39 is 30.3 Å². The second-order valence-corrected chi connectivity index (χ2v) is 9.89. The number of carbonyl (C=O) groups excluding carboxylic acids is 2. The standard InChI is InChI=1S/C27H27F3N6O3/c1-39-25-32-20-15-26(10-4-6-17-5-2-3-7-19(17)26)24(38)33-22(20)23(34-25)35-13-14-36(18(16-35)9-12-31)21(37)8-11-27(28,29)30/h2-3,5,7,16H,4,6,8-11,13-15H2,1H3,(H,33,38). The van der Waals surface area contributed by atoms with Crippen LogP contribution in [0.25, 0.3) is 0 Å². The molecule has 0 saturated heterocycles. The Bertz CT molecular complexity index is 1390. The normalized spacial score (nSPS) is 20.5. The number of carbonyl (C=O) groups is 2. The molecule has 0 bridgehead atoms. The van der Waals surface area contributed by atoms with E-state index in [1.807, 2.05) is 30.3 Å². The SMILES string of the molecule is COc1nc2c(c(N3C=C(CC#N)N(C(=O)CCC(F)(F)F)CC3)n1)NC(=O)C1(CCCc3ccccc31)C2. The van der Waals surface area contributed by atoms with E-state index in [4.69, 9.17) is 4.74 Å². The lowest BCUT2D eigenvalue weighted by molar-refractivity contribution is -0.148. The molecule has 1 atom stereocenters. The summed E-state index contributed by atoms with van der Waals surface area (Å²) in [5, 5.41) is 12.4. The molecular weight excluding hydrogens is 513 g/mol. The molecular formula is C27H27F3N6O3. The number of benzene rings is 1. The molecule has 0 fully saturated rings. The fourth-order valence-electron chi connectivity index (χ4n) is 5.69. The van der Waals surface area contributed by atoms with Crippen LogP contribution < -0.4 is 15.0 Å². The molecule has 2 aliphatic heterocycles. The van der Waals surface area contributed by atoms with E-state index in [1.54, 1.807) is 4.90 Å². The van der Waals surface area contributed by atoms with Crippen molar-refractivity contribution in [3.8, 4) is 12.1 Å². The minimum absolute atomic E-state index is 0.0521. The number of anilines is 2. The molecule has 9 nitrogen and oxygen atoms in total. The Kier molecular flexibility index (Phi) is 6.92. The average molecular weight is 541 g/mol. The van der Waals surface area contributed by atoms with Crippen LogP contribution in [-0.2, 0) is 27.8 Å². The number of aryl methyl sites for hydroxylation is 1. The van der Waals surface area contributed by atoms with Crippen molar-refractivity contribution in [2.45, 2.75) is 56.5 Å². The van der Waals surface area contributed by atoms with E-state index in [1.165, 1.54) is 18.2 Å². The number of hydrogen-bond donors (Lipinski definition) is 1. The topological polar surface area (TPSA) is 111 Å². The van der Waals surface area contributed by atoms with Crippen LogP contribution in [0.4, 0.5) is 24.7 Å². The molecule has 5 rings (SSSR count). The van der Waals surface area contributed by atoms with Gasteiger partial charge in [0.25, 0.3) is 0 Å². The minimum atomic E-state index is -4.46. The number of halogens is 3. The summed E-state index contributed by atoms with van der Waals surface area (Å²) in [6, 6.07) is 9.99. The van der Waals surface area contributed by atoms with Crippen molar-refractivity contribution < 1.29 is 27.5 Å². The highest BCUT2D eigenvalue weighted by Gasteiger charge is 2.48. The fourth-order valence-corrected chi connectivity index (χ4v) is 5.69. The average Bonchev–Trinajstić information content (AvgIpc) is 2.92. The van der Waals surface area contributed by atoms with Gasteiger partial charge in [0.2, 0.25) is 11.8 Å². The lowest BCUT2D eigenvalue weighted by atomic mass is 9.65. The Hall–Kier alpha value is -4.14. The van der Waals surface area contributed by atoms with Crippen molar-refractivity contribution in [2.75, 3.05) is 30.4 Å². The summed E-state index contributed by atoms with van der Waals surface area (Å²) >= 11 is 0. The number of methoxy groups -OCH3 is 1. The zero-order valence-corrected chi connectivity index (χ0v) is 21.3. The Morgan fingerprint density at radius 2 is 2.05 bits per heavy atom. The van der Waals surface area contributed by atoms with Crippen LogP contribution in [0.3, 0.4) is 0 Å². The van der Waals surface area contributed by atoms with Crippen LogP contribution in [0.1, 0.15) is 48.9 Å². The molecule has 39 heavy (non-hydrogen) atoms. The molecule has 1 N–H and O–H groups in total. The van der Waals surface area contributed by atoms with Gasteiger partial charge in [0, 0.05) is 32.1 Å². The molecule has 3 aliphatic rings. The van der Waals surface area contributed by atoms with Gasteiger partial charge in [-0.05, 0) is 30.4 Å². The summed E-state index contributed by atoms with van der Waals surface area (Å²) in [5.41, 5.74) is 2.62. The Morgan fingerprint density at radius 3 is 2.79 bits per heavy atom. The van der Waals surface area contributed by atoms with Gasteiger partial charge in [0.15, 0.2) is 5.82 Å². The van der Waals surface area contributed by atoms with Gasteiger partial charge in [0.1, 0.15) is 5.69 Å². The van der Waals surface area contributed by atoms with Gasteiger partial charge in [-0.3, -0.25) is 9.59 Å². The van der Waals surface area contributed by atoms with Crippen LogP contribution in [0.5, 0.6) is 6.01 Å². The molecule has 3 heterocycles. The van der Waals surface area contributed by atoms with Gasteiger partial charge in [-0.1, -0.05) is 24.3 Å². The van der Waals surface area contributed by atoms with Crippen molar-refractivity contribution >= 4 is 23.3 Å². The van der Waals surface area contributed by atoms with Crippen molar-refractivity contribution in [1.29, 1.82) is 5.26 Å².